The molecule has 5 aromatic carbocycles. The Bertz CT molecular complexity index is 2780. The van der Waals surface area contributed by atoms with Crippen LogP contribution in [0.3, 0.4) is 0 Å². The quantitative estimate of drug-likeness (QED) is 0.161. The van der Waals surface area contributed by atoms with E-state index in [9.17, 15) is 4.39 Å². The largest absolute Gasteiger partial charge is 0.298 e. The second kappa shape index (κ2) is 46.9. The summed E-state index contributed by atoms with van der Waals surface area (Å²) in [7, 11) is 0. The Balaban J connectivity index is 0.000000580. The number of benzene rings is 5. The fourth-order valence-electron chi connectivity index (χ4n) is 13.5. The fraction of sp³-hybridized carbons (Fsp3) is 0.691. The van der Waals surface area contributed by atoms with E-state index >= 15 is 0 Å². The maximum atomic E-state index is 12.7. The number of hydrogen-bond donors (Lipinski definition) is 0. The molecule has 4 aliphatic heterocycles. The second-order valence-corrected chi connectivity index (χ2v) is 40.4. The van der Waals surface area contributed by atoms with Crippen molar-refractivity contribution in [2.75, 3.05) is 58.9 Å². The van der Waals surface area contributed by atoms with Crippen molar-refractivity contribution in [3.05, 3.63) is 178 Å². The Hall–Kier alpha value is -4.17. The van der Waals surface area contributed by atoms with E-state index in [1.807, 2.05) is 6.07 Å². The van der Waals surface area contributed by atoms with Crippen LogP contribution in [0.4, 0.5) is 4.39 Å². The molecule has 0 radical (unpaired) electrons. The van der Waals surface area contributed by atoms with Crippen LogP contribution in [0.15, 0.2) is 127 Å². The second-order valence-electron chi connectivity index (χ2n) is 40.4. The zero-order valence-electron chi connectivity index (χ0n) is 73.8. The molecule has 5 nitrogen and oxygen atoms in total. The molecular weight excluding hydrogens is 1250 g/mol. The molecule has 103 heavy (non-hydrogen) atoms. The number of rotatable bonds is 7. The highest BCUT2D eigenvalue weighted by Crippen LogP contribution is 2.27. The summed E-state index contributed by atoms with van der Waals surface area (Å²) in [6, 6.07) is 43.6. The van der Waals surface area contributed by atoms with Crippen molar-refractivity contribution in [3.8, 4) is 0 Å². The first kappa shape index (κ1) is 96.8. The standard InChI is InChI=1S/C13H21N.3C12H18.C11H15F.C10H21N.3C9H19N/c1-5-14(13(2,3)4)11-12-9-7-6-8-10-12;1-10-5-7-11(8-6-10)9-12(2,3)4;1-10-6-5-7-11(8-10)9-12(2,3)4;1-10-7-5-6-8-11(10)9-12(2,3)4;1-11(2,3)8-9-5-4-6-10(12)7-9;1-10(2,3)11-8-6-4-5-7-9-11;3*1-9(2,3)10-7-5-4-6-8-10/h6-10H,5,11H2,1-4H3;3*5-8H,9H2,1-4H3;4-7H,8H2,1-3H3;4-9H2,1-3H3;3*4-8H2,1-3H3. The summed E-state index contributed by atoms with van der Waals surface area (Å²) in [6.07, 6.45) is 22.8. The van der Waals surface area contributed by atoms with Crippen molar-refractivity contribution in [2.45, 2.75) is 358 Å². The molecule has 0 amide bonds. The first-order valence-corrected chi connectivity index (χ1v) is 41.1. The number of halogens is 1. The minimum Gasteiger partial charge on any atom is -0.298 e. The van der Waals surface area contributed by atoms with Gasteiger partial charge in [0, 0.05) is 34.2 Å². The Morgan fingerprint density at radius 2 is 0.612 bits per heavy atom. The van der Waals surface area contributed by atoms with Crippen molar-refractivity contribution in [2.24, 2.45) is 21.7 Å². The van der Waals surface area contributed by atoms with Gasteiger partial charge in [-0.25, -0.2) is 4.39 Å². The molecule has 0 aromatic heterocycles. The molecule has 4 fully saturated rings. The molecule has 4 saturated heterocycles. The normalized spacial score (nSPS) is 16.3. The average molecular weight is 1420 g/mol. The summed E-state index contributed by atoms with van der Waals surface area (Å²) in [6.45, 7) is 82.7. The van der Waals surface area contributed by atoms with Gasteiger partial charge in [-0.15, -0.1) is 0 Å². The lowest BCUT2D eigenvalue weighted by Crippen LogP contribution is -2.44. The van der Waals surface area contributed by atoms with Crippen molar-refractivity contribution in [1.82, 2.24) is 24.5 Å². The Morgan fingerprint density at radius 1 is 0.301 bits per heavy atom. The summed E-state index contributed by atoms with van der Waals surface area (Å²) in [5.74, 6) is -0.142. The highest BCUT2D eigenvalue weighted by molar-refractivity contribution is 5.27. The first-order valence-electron chi connectivity index (χ1n) is 41.1. The highest BCUT2D eigenvalue weighted by atomic mass is 19.1. The van der Waals surface area contributed by atoms with Gasteiger partial charge in [-0.3, -0.25) is 24.5 Å². The van der Waals surface area contributed by atoms with Crippen LogP contribution >= 0.6 is 0 Å². The Morgan fingerprint density at radius 3 is 0.922 bits per heavy atom. The lowest BCUT2D eigenvalue weighted by molar-refractivity contribution is 0.110. The van der Waals surface area contributed by atoms with Gasteiger partial charge in [0.25, 0.3) is 0 Å². The highest BCUT2D eigenvalue weighted by Gasteiger charge is 2.26. The van der Waals surface area contributed by atoms with E-state index in [0.29, 0.717) is 38.4 Å². The molecule has 5 aromatic rings. The summed E-state index contributed by atoms with van der Waals surface area (Å²) >= 11 is 0. The Labute approximate surface area is 641 Å². The van der Waals surface area contributed by atoms with E-state index in [1.165, 1.54) is 187 Å². The van der Waals surface area contributed by atoms with Crippen LogP contribution < -0.4 is 0 Å². The van der Waals surface area contributed by atoms with E-state index < -0.39 is 0 Å². The van der Waals surface area contributed by atoms with E-state index in [4.69, 9.17) is 0 Å². The van der Waals surface area contributed by atoms with Gasteiger partial charge in [0.05, 0.1) is 0 Å². The predicted molar refractivity (Wildman–Crippen MR) is 460 cm³/mol. The Kier molecular flexibility index (Phi) is 44.1. The molecule has 0 unspecified atom stereocenters. The molecule has 9 rings (SSSR count). The monoisotopic (exact) mass is 1420 g/mol. The molecule has 0 spiro atoms. The third-order valence-electron chi connectivity index (χ3n) is 19.3. The third kappa shape index (κ3) is 50.2. The van der Waals surface area contributed by atoms with Crippen LogP contribution in [0.25, 0.3) is 0 Å². The molecular formula is C97H168FN5. The van der Waals surface area contributed by atoms with Crippen LogP contribution in [0.2, 0.25) is 0 Å². The lowest BCUT2D eigenvalue weighted by Gasteiger charge is -2.38. The molecule has 0 atom stereocenters. The van der Waals surface area contributed by atoms with E-state index in [2.05, 4.69) is 342 Å². The third-order valence-corrected chi connectivity index (χ3v) is 19.3. The zero-order valence-corrected chi connectivity index (χ0v) is 73.8. The maximum Gasteiger partial charge on any atom is 0.123 e. The summed E-state index contributed by atoms with van der Waals surface area (Å²) in [5.41, 5.74) is 14.2. The van der Waals surface area contributed by atoms with Crippen LogP contribution in [0.1, 0.15) is 322 Å². The molecule has 588 valence electrons. The van der Waals surface area contributed by atoms with Gasteiger partial charge in [0.2, 0.25) is 0 Å². The molecule has 4 heterocycles. The van der Waals surface area contributed by atoms with Gasteiger partial charge in [0.15, 0.2) is 0 Å². The molecule has 0 saturated carbocycles. The predicted octanol–water partition coefficient (Wildman–Crippen LogP) is 26.9. The number of nitrogens with zero attached hydrogens (tertiary/aromatic N) is 5. The van der Waals surface area contributed by atoms with E-state index in [1.54, 1.807) is 12.1 Å². The van der Waals surface area contributed by atoms with Gasteiger partial charge in [0.1, 0.15) is 5.82 Å². The molecule has 0 N–H and O–H groups in total. The van der Waals surface area contributed by atoms with Crippen molar-refractivity contribution >= 4 is 0 Å². The lowest BCUT2D eigenvalue weighted by atomic mass is 9.86. The van der Waals surface area contributed by atoms with Crippen molar-refractivity contribution in [3.63, 3.8) is 0 Å². The van der Waals surface area contributed by atoms with Gasteiger partial charge in [-0.2, -0.15) is 0 Å². The van der Waals surface area contributed by atoms with Crippen molar-refractivity contribution < 1.29 is 4.39 Å². The van der Waals surface area contributed by atoms with Crippen LogP contribution in [0, 0.1) is 48.2 Å². The molecule has 0 bridgehead atoms. The minimum atomic E-state index is -0.142. The van der Waals surface area contributed by atoms with E-state index in [-0.39, 0.29) is 16.8 Å². The van der Waals surface area contributed by atoms with Crippen LogP contribution in [0.5, 0.6) is 0 Å². The topological polar surface area (TPSA) is 16.2 Å². The summed E-state index contributed by atoms with van der Waals surface area (Å²) < 4.78 is 12.7. The maximum absolute atomic E-state index is 12.7. The SMILES string of the molecule is CC(C)(C)Cc1cccc(F)c1.CC(C)(C)N1CCCCC1.CC(C)(C)N1CCCCC1.CC(C)(C)N1CCCCC1.CC(C)(C)N1CCCCCC1.CCN(Cc1ccccc1)C(C)(C)C.Cc1ccc(CC(C)(C)C)cc1.Cc1cccc(CC(C)(C)C)c1.Cc1ccccc1CC(C)(C)C. The number of piperidine rings is 3. The van der Waals surface area contributed by atoms with Gasteiger partial charge < -0.3 is 0 Å². The van der Waals surface area contributed by atoms with Crippen LogP contribution in [-0.4, -0.2) is 111 Å². The average Bonchev–Trinajstić information content (AvgIpc) is 1.85. The van der Waals surface area contributed by atoms with Gasteiger partial charge in [-0.1, -0.05) is 249 Å². The zero-order chi connectivity index (χ0) is 78.5. The summed E-state index contributed by atoms with van der Waals surface area (Å²) in [5, 5.41) is 0. The summed E-state index contributed by atoms with van der Waals surface area (Å²) in [4.78, 5) is 12.8. The number of aryl methyl sites for hydroxylation is 3. The van der Waals surface area contributed by atoms with Gasteiger partial charge in [-0.05, 0) is 328 Å². The smallest absolute Gasteiger partial charge is 0.123 e. The molecule has 4 aliphatic rings. The van der Waals surface area contributed by atoms with E-state index in [0.717, 1.165) is 37.9 Å². The number of likely N-dealkylation sites (tertiary alicyclic amines) is 4. The van der Waals surface area contributed by atoms with Crippen LogP contribution in [-0.2, 0) is 32.2 Å². The minimum absolute atomic E-state index is 0.142. The fourth-order valence-corrected chi connectivity index (χ4v) is 13.5. The van der Waals surface area contributed by atoms with Gasteiger partial charge >= 0.3 is 0 Å². The molecule has 0 aliphatic carbocycles. The van der Waals surface area contributed by atoms with Crippen molar-refractivity contribution in [1.29, 1.82) is 0 Å². The first-order chi connectivity index (χ1) is 47.4. The number of hydrogen-bond acceptors (Lipinski definition) is 5. The molecule has 6 heteroatoms.